The van der Waals surface area contributed by atoms with Crippen LogP contribution in [0, 0.1) is 10.1 Å². The van der Waals surface area contributed by atoms with Crippen molar-refractivity contribution in [2.75, 3.05) is 11.9 Å². The standard InChI is InChI=1S/C11H12N2O5/c1-7(2)6-18-10-4-3-8(13(16)17)5-9(10)12-11(14)15/h3-5,12H,1,6H2,2H3,(H,14,15). The molecule has 1 aromatic rings. The van der Waals surface area contributed by atoms with Gasteiger partial charge in [0.05, 0.1) is 10.6 Å². The Balaban J connectivity index is 3.03. The average Bonchev–Trinajstić information content (AvgIpc) is 2.26. The van der Waals surface area contributed by atoms with Gasteiger partial charge in [-0.3, -0.25) is 15.4 Å². The molecule has 0 fully saturated rings. The van der Waals surface area contributed by atoms with Crippen molar-refractivity contribution < 1.29 is 19.6 Å². The molecule has 7 heteroatoms. The van der Waals surface area contributed by atoms with Crippen molar-refractivity contribution in [3.8, 4) is 5.75 Å². The van der Waals surface area contributed by atoms with Gasteiger partial charge in [-0.05, 0) is 18.6 Å². The molecule has 1 amide bonds. The summed E-state index contributed by atoms with van der Waals surface area (Å²) in [5.74, 6) is 0.214. The number of anilines is 1. The largest absolute Gasteiger partial charge is 0.487 e. The van der Waals surface area contributed by atoms with Crippen LogP contribution in [0.1, 0.15) is 6.92 Å². The number of ether oxygens (including phenoxy) is 1. The highest BCUT2D eigenvalue weighted by Crippen LogP contribution is 2.29. The second-order valence-electron chi connectivity index (χ2n) is 3.61. The van der Waals surface area contributed by atoms with E-state index in [0.29, 0.717) is 0 Å². The van der Waals surface area contributed by atoms with Gasteiger partial charge in [-0.25, -0.2) is 4.79 Å². The summed E-state index contributed by atoms with van der Waals surface area (Å²) < 4.78 is 5.29. The Morgan fingerprint density at radius 2 is 2.28 bits per heavy atom. The lowest BCUT2D eigenvalue weighted by Gasteiger charge is -2.10. The van der Waals surface area contributed by atoms with Crippen molar-refractivity contribution in [3.05, 3.63) is 40.5 Å². The molecule has 0 spiro atoms. The Morgan fingerprint density at radius 1 is 1.61 bits per heavy atom. The number of hydrogen-bond acceptors (Lipinski definition) is 4. The molecule has 0 heterocycles. The van der Waals surface area contributed by atoms with Crippen molar-refractivity contribution in [1.82, 2.24) is 0 Å². The number of amides is 1. The number of nitrogens with zero attached hydrogens (tertiary/aromatic N) is 1. The Kier molecular flexibility index (Phi) is 4.25. The quantitative estimate of drug-likeness (QED) is 0.476. The number of carboxylic acid groups (broad SMARTS) is 1. The lowest BCUT2D eigenvalue weighted by molar-refractivity contribution is -0.384. The molecule has 18 heavy (non-hydrogen) atoms. The number of nitro groups is 1. The maximum atomic E-state index is 10.6. The molecule has 1 aromatic carbocycles. The van der Waals surface area contributed by atoms with E-state index in [1.807, 2.05) is 5.32 Å². The minimum atomic E-state index is -1.32. The van der Waals surface area contributed by atoms with E-state index in [0.717, 1.165) is 11.6 Å². The maximum Gasteiger partial charge on any atom is 0.409 e. The van der Waals surface area contributed by atoms with E-state index in [9.17, 15) is 14.9 Å². The summed E-state index contributed by atoms with van der Waals surface area (Å²) in [7, 11) is 0. The first kappa shape index (κ1) is 13.5. The molecule has 0 bridgehead atoms. The van der Waals surface area contributed by atoms with Gasteiger partial charge < -0.3 is 9.84 Å². The minimum Gasteiger partial charge on any atom is -0.487 e. The van der Waals surface area contributed by atoms with Crippen molar-refractivity contribution >= 4 is 17.5 Å². The van der Waals surface area contributed by atoms with Crippen molar-refractivity contribution in [3.63, 3.8) is 0 Å². The highest BCUT2D eigenvalue weighted by Gasteiger charge is 2.13. The van der Waals surface area contributed by atoms with E-state index >= 15 is 0 Å². The zero-order valence-electron chi connectivity index (χ0n) is 9.67. The van der Waals surface area contributed by atoms with Gasteiger partial charge >= 0.3 is 6.09 Å². The monoisotopic (exact) mass is 252 g/mol. The normalized spacial score (nSPS) is 9.61. The van der Waals surface area contributed by atoms with E-state index in [1.54, 1.807) is 6.92 Å². The Labute approximate surface area is 103 Å². The molecule has 0 saturated carbocycles. The summed E-state index contributed by atoms with van der Waals surface area (Å²) in [6.07, 6.45) is -1.32. The van der Waals surface area contributed by atoms with Crippen molar-refractivity contribution in [2.24, 2.45) is 0 Å². The van der Waals surface area contributed by atoms with Crippen LogP contribution in [0.25, 0.3) is 0 Å². The maximum absolute atomic E-state index is 10.6. The van der Waals surface area contributed by atoms with Crippen LogP contribution < -0.4 is 10.1 Å². The van der Waals surface area contributed by atoms with Crippen molar-refractivity contribution in [1.29, 1.82) is 0 Å². The molecular weight excluding hydrogens is 240 g/mol. The van der Waals surface area contributed by atoms with E-state index < -0.39 is 11.0 Å². The van der Waals surface area contributed by atoms with Crippen LogP contribution in [0.2, 0.25) is 0 Å². The SMILES string of the molecule is C=C(C)COc1ccc([N+](=O)[O-])cc1NC(=O)O. The van der Waals surface area contributed by atoms with Gasteiger partial charge in [0.25, 0.3) is 5.69 Å². The van der Waals surface area contributed by atoms with Gasteiger partial charge in [0.1, 0.15) is 12.4 Å². The number of nitro benzene ring substituents is 1. The fraction of sp³-hybridized carbons (Fsp3) is 0.182. The summed E-state index contributed by atoms with van der Waals surface area (Å²) in [4.78, 5) is 20.6. The number of rotatable bonds is 5. The number of carbonyl (C=O) groups is 1. The molecule has 0 aromatic heterocycles. The molecule has 0 saturated heterocycles. The molecule has 0 radical (unpaired) electrons. The first-order valence-electron chi connectivity index (χ1n) is 4.95. The van der Waals surface area contributed by atoms with Gasteiger partial charge in [0, 0.05) is 12.1 Å². The summed E-state index contributed by atoms with van der Waals surface area (Å²) in [6, 6.07) is 3.68. The first-order chi connectivity index (χ1) is 8.40. The Hall–Kier alpha value is -2.57. The third-order valence-corrected chi connectivity index (χ3v) is 1.89. The lowest BCUT2D eigenvalue weighted by Crippen LogP contribution is -2.10. The molecule has 96 valence electrons. The Morgan fingerprint density at radius 3 is 2.78 bits per heavy atom. The molecule has 0 aliphatic heterocycles. The molecule has 1 rings (SSSR count). The number of non-ortho nitro benzene ring substituents is 1. The van der Waals surface area contributed by atoms with E-state index in [2.05, 4.69) is 6.58 Å². The van der Waals surface area contributed by atoms with E-state index in [1.165, 1.54) is 12.1 Å². The fourth-order valence-electron chi connectivity index (χ4n) is 1.17. The van der Waals surface area contributed by atoms with Gasteiger partial charge in [-0.15, -0.1) is 0 Å². The third kappa shape index (κ3) is 3.78. The minimum absolute atomic E-state index is 0.0259. The summed E-state index contributed by atoms with van der Waals surface area (Å²) in [5, 5.41) is 21.3. The number of hydrogen-bond donors (Lipinski definition) is 2. The van der Waals surface area contributed by atoms with Crippen LogP contribution in [0.5, 0.6) is 5.75 Å². The summed E-state index contributed by atoms with van der Waals surface area (Å²) in [6.45, 7) is 5.58. The molecule has 2 N–H and O–H groups in total. The lowest BCUT2D eigenvalue weighted by atomic mass is 10.2. The molecule has 0 aliphatic carbocycles. The second kappa shape index (κ2) is 5.67. The molecule has 0 aliphatic rings. The summed E-state index contributed by atoms with van der Waals surface area (Å²) >= 11 is 0. The topological polar surface area (TPSA) is 102 Å². The Bertz CT molecular complexity index is 498. The molecule has 7 nitrogen and oxygen atoms in total. The van der Waals surface area contributed by atoms with E-state index in [4.69, 9.17) is 9.84 Å². The molecule has 0 atom stereocenters. The van der Waals surface area contributed by atoms with Gasteiger partial charge in [0.2, 0.25) is 0 Å². The smallest absolute Gasteiger partial charge is 0.409 e. The highest BCUT2D eigenvalue weighted by atomic mass is 16.6. The predicted molar refractivity (Wildman–Crippen MR) is 65.1 cm³/mol. The fourth-order valence-corrected chi connectivity index (χ4v) is 1.17. The zero-order chi connectivity index (χ0) is 13.7. The van der Waals surface area contributed by atoms with Crippen LogP contribution in [-0.4, -0.2) is 22.7 Å². The highest BCUT2D eigenvalue weighted by molar-refractivity contribution is 5.85. The predicted octanol–water partition coefficient (Wildman–Crippen LogP) is 2.64. The van der Waals surface area contributed by atoms with Crippen LogP contribution in [-0.2, 0) is 0 Å². The third-order valence-electron chi connectivity index (χ3n) is 1.89. The van der Waals surface area contributed by atoms with Crippen molar-refractivity contribution in [2.45, 2.75) is 6.92 Å². The number of benzene rings is 1. The first-order valence-corrected chi connectivity index (χ1v) is 4.95. The van der Waals surface area contributed by atoms with Crippen LogP contribution in [0.15, 0.2) is 30.4 Å². The zero-order valence-corrected chi connectivity index (χ0v) is 9.67. The van der Waals surface area contributed by atoms with Crippen LogP contribution in [0.3, 0.4) is 0 Å². The van der Waals surface area contributed by atoms with E-state index in [-0.39, 0.29) is 23.7 Å². The second-order valence-corrected chi connectivity index (χ2v) is 3.61. The molecular formula is C11H12N2O5. The van der Waals surface area contributed by atoms with Crippen LogP contribution in [0.4, 0.5) is 16.2 Å². The number of nitrogens with one attached hydrogen (secondary N) is 1. The summed E-state index contributed by atoms with van der Waals surface area (Å²) in [5.41, 5.74) is 0.550. The van der Waals surface area contributed by atoms with Gasteiger partial charge in [0.15, 0.2) is 0 Å². The van der Waals surface area contributed by atoms with Gasteiger partial charge in [-0.2, -0.15) is 0 Å². The molecule has 0 unspecified atom stereocenters. The van der Waals surface area contributed by atoms with Gasteiger partial charge in [-0.1, -0.05) is 6.58 Å². The average molecular weight is 252 g/mol. The van der Waals surface area contributed by atoms with Crippen LogP contribution >= 0.6 is 0 Å².